The maximum atomic E-state index is 11.9. The van der Waals surface area contributed by atoms with E-state index >= 15 is 0 Å². The highest BCUT2D eigenvalue weighted by molar-refractivity contribution is 7.92. The van der Waals surface area contributed by atoms with Crippen LogP contribution in [0, 0.1) is 0 Å². The lowest BCUT2D eigenvalue weighted by Crippen LogP contribution is -2.16. The molecule has 106 valence electrons. The third kappa shape index (κ3) is 2.91. The number of benzene rings is 2. The van der Waals surface area contributed by atoms with Gasteiger partial charge in [0.1, 0.15) is 0 Å². The van der Waals surface area contributed by atoms with E-state index in [1.54, 1.807) is 37.3 Å². The van der Waals surface area contributed by atoms with Crippen molar-refractivity contribution in [3.8, 4) is 0 Å². The van der Waals surface area contributed by atoms with Crippen LogP contribution >= 0.6 is 0 Å². The van der Waals surface area contributed by atoms with Crippen molar-refractivity contribution >= 4 is 32.5 Å². The monoisotopic (exact) mass is 293 g/mol. The molecule has 0 aliphatic carbocycles. The average Bonchev–Trinajstić information content (AvgIpc) is 2.37. The molecule has 0 unspecified atom stereocenters. The quantitative estimate of drug-likeness (QED) is 0.887. The summed E-state index contributed by atoms with van der Waals surface area (Å²) in [4.78, 5) is 11.3. The Morgan fingerprint density at radius 1 is 1.20 bits per heavy atom. The maximum Gasteiger partial charge on any atom is 0.336 e. The largest absolute Gasteiger partial charge is 0.478 e. The zero-order chi connectivity index (χ0) is 14.8. The summed E-state index contributed by atoms with van der Waals surface area (Å²) in [7, 11) is -3.46. The molecule has 0 bridgehead atoms. The van der Waals surface area contributed by atoms with Crippen LogP contribution in [0.3, 0.4) is 0 Å². The first kappa shape index (κ1) is 14.3. The lowest BCUT2D eigenvalue weighted by atomic mass is 10.0. The van der Waals surface area contributed by atoms with Gasteiger partial charge in [0.25, 0.3) is 0 Å². The second-order valence-electron chi connectivity index (χ2n) is 4.44. The number of hydrogen-bond donors (Lipinski definition) is 2. The van der Waals surface area contributed by atoms with Gasteiger partial charge in [-0.2, -0.15) is 0 Å². The Hall–Kier alpha value is -2.08. The van der Waals surface area contributed by atoms with E-state index in [1.165, 1.54) is 6.07 Å². The molecule has 0 aliphatic rings. The number of carboxylic acid groups (broad SMARTS) is 1. The highest BCUT2D eigenvalue weighted by Gasteiger charge is 2.15. The second-order valence-corrected chi connectivity index (χ2v) is 6.28. The summed E-state index contributed by atoms with van der Waals surface area (Å²) in [5, 5.41) is 10.3. The molecule has 2 aromatic rings. The lowest BCUT2D eigenvalue weighted by molar-refractivity contribution is 0.0699. The van der Waals surface area contributed by atoms with Gasteiger partial charge < -0.3 is 5.11 Å². The van der Waals surface area contributed by atoms with Crippen LogP contribution in [0.2, 0.25) is 0 Å². The van der Waals surface area contributed by atoms with Crippen LogP contribution in [-0.2, 0) is 10.0 Å². The molecule has 0 aliphatic heterocycles. The molecule has 0 aromatic heterocycles. The van der Waals surface area contributed by atoms with Crippen LogP contribution < -0.4 is 4.72 Å². The third-order valence-corrected chi connectivity index (χ3v) is 4.35. The molecule has 0 fully saturated rings. The van der Waals surface area contributed by atoms with Crippen molar-refractivity contribution in [1.29, 1.82) is 0 Å². The van der Waals surface area contributed by atoms with Crippen LogP contribution in [0.25, 0.3) is 10.8 Å². The first-order valence-electron chi connectivity index (χ1n) is 6.20. The number of nitrogens with one attached hydrogen (secondary N) is 1. The molecule has 5 nitrogen and oxygen atoms in total. The number of rotatable bonds is 5. The molecule has 0 spiro atoms. The summed E-state index contributed by atoms with van der Waals surface area (Å²) in [6.07, 6.45) is 0.492. The smallest absolute Gasteiger partial charge is 0.336 e. The average molecular weight is 293 g/mol. The molecule has 0 heterocycles. The fourth-order valence-electron chi connectivity index (χ4n) is 2.09. The molecule has 2 aromatic carbocycles. The number of aromatic carboxylic acids is 1. The Morgan fingerprint density at radius 3 is 2.45 bits per heavy atom. The van der Waals surface area contributed by atoms with E-state index in [-0.39, 0.29) is 11.3 Å². The minimum Gasteiger partial charge on any atom is -0.478 e. The highest BCUT2D eigenvalue weighted by atomic mass is 32.2. The van der Waals surface area contributed by atoms with Gasteiger partial charge in [-0.1, -0.05) is 31.2 Å². The Morgan fingerprint density at radius 2 is 1.85 bits per heavy atom. The van der Waals surface area contributed by atoms with Crippen molar-refractivity contribution in [1.82, 2.24) is 0 Å². The zero-order valence-electron chi connectivity index (χ0n) is 11.0. The minimum absolute atomic E-state index is 0.00136. The first-order valence-corrected chi connectivity index (χ1v) is 7.85. The molecule has 20 heavy (non-hydrogen) atoms. The number of carboxylic acids is 1. The molecule has 0 saturated carbocycles. The van der Waals surface area contributed by atoms with Crippen molar-refractivity contribution in [3.63, 3.8) is 0 Å². The summed E-state index contributed by atoms with van der Waals surface area (Å²) in [6, 6.07) is 9.86. The third-order valence-electron chi connectivity index (χ3n) is 2.87. The molecule has 6 heteroatoms. The van der Waals surface area contributed by atoms with Crippen molar-refractivity contribution in [2.24, 2.45) is 0 Å². The Labute approximate surface area is 117 Å². The van der Waals surface area contributed by atoms with Gasteiger partial charge in [-0.15, -0.1) is 0 Å². The van der Waals surface area contributed by atoms with Crippen LogP contribution in [0.1, 0.15) is 23.7 Å². The summed E-state index contributed by atoms with van der Waals surface area (Å²) >= 11 is 0. The van der Waals surface area contributed by atoms with Crippen LogP contribution in [0.15, 0.2) is 36.4 Å². The van der Waals surface area contributed by atoms with E-state index in [4.69, 9.17) is 0 Å². The van der Waals surface area contributed by atoms with E-state index in [0.717, 1.165) is 0 Å². The minimum atomic E-state index is -3.46. The number of hydrogen-bond acceptors (Lipinski definition) is 3. The second kappa shape index (κ2) is 5.50. The van der Waals surface area contributed by atoms with Crippen molar-refractivity contribution in [2.75, 3.05) is 10.5 Å². The highest BCUT2D eigenvalue weighted by Crippen LogP contribution is 2.28. The summed E-state index contributed by atoms with van der Waals surface area (Å²) in [6.45, 7) is 1.77. The molecular formula is C14H15NO4S. The predicted molar refractivity (Wildman–Crippen MR) is 78.6 cm³/mol. The van der Waals surface area contributed by atoms with Gasteiger partial charge in [0.05, 0.1) is 17.0 Å². The molecule has 0 atom stereocenters. The topological polar surface area (TPSA) is 83.5 Å². The standard InChI is InChI=1S/C14H15NO4S/c1-2-9-20(18,19)15-12-8-4-6-10-5-3-7-11(13(10)12)14(16)17/h3-8,15H,2,9H2,1H3,(H,16,17). The lowest BCUT2D eigenvalue weighted by Gasteiger charge is -2.12. The van der Waals surface area contributed by atoms with Gasteiger partial charge in [0.15, 0.2) is 0 Å². The molecule has 0 saturated heterocycles. The van der Waals surface area contributed by atoms with E-state index in [9.17, 15) is 18.3 Å². The van der Waals surface area contributed by atoms with Gasteiger partial charge in [0, 0.05) is 5.39 Å². The van der Waals surface area contributed by atoms with Gasteiger partial charge in [-0.3, -0.25) is 4.72 Å². The van der Waals surface area contributed by atoms with Crippen molar-refractivity contribution in [3.05, 3.63) is 42.0 Å². The normalized spacial score (nSPS) is 11.4. The van der Waals surface area contributed by atoms with E-state index in [2.05, 4.69) is 4.72 Å². The number of carbonyl (C=O) groups is 1. The molecule has 0 radical (unpaired) electrons. The van der Waals surface area contributed by atoms with Gasteiger partial charge in [-0.05, 0) is 23.9 Å². The Bertz CT molecular complexity index is 748. The van der Waals surface area contributed by atoms with Crippen LogP contribution in [-0.4, -0.2) is 25.2 Å². The summed E-state index contributed by atoms with van der Waals surface area (Å²) in [5.41, 5.74) is 0.381. The van der Waals surface area contributed by atoms with Crippen LogP contribution in [0.5, 0.6) is 0 Å². The number of sulfonamides is 1. The Kier molecular flexibility index (Phi) is 3.94. The van der Waals surface area contributed by atoms with Crippen molar-refractivity contribution in [2.45, 2.75) is 13.3 Å². The number of fused-ring (bicyclic) bond motifs is 1. The van der Waals surface area contributed by atoms with E-state index in [0.29, 0.717) is 22.9 Å². The fourth-order valence-corrected chi connectivity index (χ4v) is 3.24. The first-order chi connectivity index (χ1) is 9.44. The zero-order valence-corrected chi connectivity index (χ0v) is 11.8. The summed E-state index contributed by atoms with van der Waals surface area (Å²) < 4.78 is 26.2. The summed E-state index contributed by atoms with van der Waals surface area (Å²) in [5.74, 6) is -1.09. The van der Waals surface area contributed by atoms with Gasteiger partial charge >= 0.3 is 5.97 Å². The molecule has 0 amide bonds. The Balaban J connectivity index is 2.62. The molecule has 2 N–H and O–H groups in total. The van der Waals surface area contributed by atoms with Gasteiger partial charge in [0.2, 0.25) is 10.0 Å². The van der Waals surface area contributed by atoms with Crippen molar-refractivity contribution < 1.29 is 18.3 Å². The van der Waals surface area contributed by atoms with E-state index < -0.39 is 16.0 Å². The fraction of sp³-hybridized carbons (Fsp3) is 0.214. The van der Waals surface area contributed by atoms with Gasteiger partial charge in [-0.25, -0.2) is 13.2 Å². The maximum absolute atomic E-state index is 11.9. The SMILES string of the molecule is CCCS(=O)(=O)Nc1cccc2cccc(C(=O)O)c12. The number of anilines is 1. The predicted octanol–water partition coefficient (Wildman–Crippen LogP) is 2.69. The molecular weight excluding hydrogens is 278 g/mol. The van der Waals surface area contributed by atoms with E-state index in [1.807, 2.05) is 0 Å². The van der Waals surface area contributed by atoms with Crippen LogP contribution in [0.4, 0.5) is 5.69 Å². The molecule has 2 rings (SSSR count).